The highest BCUT2D eigenvalue weighted by atomic mass is 16.5. The number of nitrogens with zero attached hydrogens (tertiary/aromatic N) is 1. The van der Waals surface area contributed by atoms with Crippen molar-refractivity contribution in [3.63, 3.8) is 0 Å². The lowest BCUT2D eigenvalue weighted by Gasteiger charge is -2.33. The standard InChI is InChI=1S/C23H26N2O4/c1-17-9-7-8-14-25(17)22(27)16-29-23(28)19-12-5-6-13-20(19)24-21(26)15-18-10-3-2-4-11-18/h2-6,10-13,17H,7-9,14-16H2,1H3,(H,24,26)/t17-/m0/s1. The van der Waals surface area contributed by atoms with Crippen LogP contribution in [0.25, 0.3) is 0 Å². The lowest BCUT2D eigenvalue weighted by Crippen LogP contribution is -2.44. The molecule has 1 aliphatic heterocycles. The van der Waals surface area contributed by atoms with E-state index in [2.05, 4.69) is 5.32 Å². The van der Waals surface area contributed by atoms with Crippen LogP contribution >= 0.6 is 0 Å². The fraction of sp³-hybridized carbons (Fsp3) is 0.348. The van der Waals surface area contributed by atoms with Crippen LogP contribution in [0.15, 0.2) is 54.6 Å². The van der Waals surface area contributed by atoms with Gasteiger partial charge in [-0.1, -0.05) is 42.5 Å². The average molecular weight is 394 g/mol. The average Bonchev–Trinajstić information content (AvgIpc) is 2.73. The van der Waals surface area contributed by atoms with E-state index in [4.69, 9.17) is 4.74 Å². The Kier molecular flexibility index (Phi) is 7.00. The molecule has 1 saturated heterocycles. The summed E-state index contributed by atoms with van der Waals surface area (Å²) in [7, 11) is 0. The molecule has 0 spiro atoms. The van der Waals surface area contributed by atoms with Gasteiger partial charge < -0.3 is 15.0 Å². The quantitative estimate of drug-likeness (QED) is 0.762. The minimum Gasteiger partial charge on any atom is -0.452 e. The summed E-state index contributed by atoms with van der Waals surface area (Å²) in [5.41, 5.74) is 1.48. The Morgan fingerprint density at radius 2 is 1.76 bits per heavy atom. The molecule has 1 heterocycles. The zero-order valence-corrected chi connectivity index (χ0v) is 16.6. The molecule has 0 aromatic heterocycles. The van der Waals surface area contributed by atoms with Gasteiger partial charge in [0.25, 0.3) is 5.91 Å². The topological polar surface area (TPSA) is 75.7 Å². The summed E-state index contributed by atoms with van der Waals surface area (Å²) in [6.07, 6.45) is 3.26. The van der Waals surface area contributed by atoms with Crippen molar-refractivity contribution in [2.75, 3.05) is 18.5 Å². The maximum absolute atomic E-state index is 12.5. The van der Waals surface area contributed by atoms with Crippen LogP contribution in [0.4, 0.5) is 5.69 Å². The summed E-state index contributed by atoms with van der Waals surface area (Å²) >= 11 is 0. The summed E-state index contributed by atoms with van der Waals surface area (Å²) in [6, 6.07) is 16.2. The lowest BCUT2D eigenvalue weighted by atomic mass is 10.0. The molecule has 29 heavy (non-hydrogen) atoms. The monoisotopic (exact) mass is 394 g/mol. The van der Waals surface area contributed by atoms with Gasteiger partial charge in [-0.3, -0.25) is 9.59 Å². The molecule has 0 unspecified atom stereocenters. The molecule has 6 heteroatoms. The van der Waals surface area contributed by atoms with E-state index < -0.39 is 5.97 Å². The molecule has 1 aliphatic rings. The Bertz CT molecular complexity index is 866. The molecule has 2 aromatic carbocycles. The van der Waals surface area contributed by atoms with E-state index in [-0.39, 0.29) is 36.4 Å². The van der Waals surface area contributed by atoms with Crippen molar-refractivity contribution in [1.29, 1.82) is 0 Å². The second-order valence-corrected chi connectivity index (χ2v) is 7.26. The van der Waals surface area contributed by atoms with Gasteiger partial charge in [-0.2, -0.15) is 0 Å². The van der Waals surface area contributed by atoms with E-state index >= 15 is 0 Å². The molecule has 2 amide bonds. The number of rotatable bonds is 6. The van der Waals surface area contributed by atoms with Gasteiger partial charge in [0.05, 0.1) is 17.7 Å². The first-order valence-corrected chi connectivity index (χ1v) is 9.94. The predicted octanol–water partition coefficient (Wildman–Crippen LogP) is 3.43. The maximum Gasteiger partial charge on any atom is 0.340 e. The van der Waals surface area contributed by atoms with Crippen LogP contribution in [0.1, 0.15) is 42.1 Å². The highest BCUT2D eigenvalue weighted by Crippen LogP contribution is 2.19. The smallest absolute Gasteiger partial charge is 0.340 e. The fourth-order valence-electron chi connectivity index (χ4n) is 3.50. The summed E-state index contributed by atoms with van der Waals surface area (Å²) in [4.78, 5) is 39.0. The maximum atomic E-state index is 12.5. The second-order valence-electron chi connectivity index (χ2n) is 7.26. The molecule has 2 aromatic rings. The molecule has 1 atom stereocenters. The van der Waals surface area contributed by atoms with Crippen LogP contribution in [0.2, 0.25) is 0 Å². The number of nitrogens with one attached hydrogen (secondary N) is 1. The van der Waals surface area contributed by atoms with E-state index in [1.54, 1.807) is 29.2 Å². The Hall–Kier alpha value is -3.15. The molecule has 3 rings (SSSR count). The van der Waals surface area contributed by atoms with Gasteiger partial charge >= 0.3 is 5.97 Å². The first kappa shape index (κ1) is 20.6. The first-order chi connectivity index (χ1) is 14.0. The van der Waals surface area contributed by atoms with Crippen LogP contribution in [-0.4, -0.2) is 41.9 Å². The van der Waals surface area contributed by atoms with Crippen LogP contribution in [0, 0.1) is 0 Å². The van der Waals surface area contributed by atoms with E-state index in [1.807, 2.05) is 37.3 Å². The molecule has 0 radical (unpaired) electrons. The molecule has 1 N–H and O–H groups in total. The van der Waals surface area contributed by atoms with Gasteiger partial charge in [-0.15, -0.1) is 0 Å². The highest BCUT2D eigenvalue weighted by molar-refractivity contribution is 6.02. The Morgan fingerprint density at radius 3 is 2.52 bits per heavy atom. The zero-order valence-electron chi connectivity index (χ0n) is 16.6. The molecule has 0 aliphatic carbocycles. The minimum absolute atomic E-state index is 0.166. The Balaban J connectivity index is 1.59. The largest absolute Gasteiger partial charge is 0.452 e. The molecule has 152 valence electrons. The van der Waals surface area contributed by atoms with E-state index in [9.17, 15) is 14.4 Å². The van der Waals surface area contributed by atoms with Gasteiger partial charge in [0.15, 0.2) is 6.61 Å². The number of piperidine rings is 1. The predicted molar refractivity (Wildman–Crippen MR) is 111 cm³/mol. The number of ether oxygens (including phenoxy) is 1. The first-order valence-electron chi connectivity index (χ1n) is 9.94. The van der Waals surface area contributed by atoms with Crippen LogP contribution in [0.5, 0.6) is 0 Å². The van der Waals surface area contributed by atoms with Gasteiger partial charge in [0, 0.05) is 12.6 Å². The molecular weight excluding hydrogens is 368 g/mol. The number of carbonyl (C=O) groups is 3. The summed E-state index contributed by atoms with van der Waals surface area (Å²) in [6.45, 7) is 2.41. The van der Waals surface area contributed by atoms with Gasteiger partial charge in [-0.25, -0.2) is 4.79 Å². The molecule has 0 bridgehead atoms. The molecule has 6 nitrogen and oxygen atoms in total. The van der Waals surface area contributed by atoms with Crippen molar-refractivity contribution in [2.45, 2.75) is 38.6 Å². The second kappa shape index (κ2) is 9.87. The third-order valence-electron chi connectivity index (χ3n) is 5.08. The summed E-state index contributed by atoms with van der Waals surface area (Å²) < 4.78 is 5.25. The van der Waals surface area contributed by atoms with Crippen LogP contribution < -0.4 is 5.32 Å². The number of para-hydroxylation sites is 1. The Labute approximate surface area is 170 Å². The lowest BCUT2D eigenvalue weighted by molar-refractivity contribution is -0.137. The van der Waals surface area contributed by atoms with Crippen molar-refractivity contribution in [2.24, 2.45) is 0 Å². The summed E-state index contributed by atoms with van der Waals surface area (Å²) in [5, 5.41) is 2.76. The third kappa shape index (κ3) is 5.67. The highest BCUT2D eigenvalue weighted by Gasteiger charge is 2.24. The number of esters is 1. The van der Waals surface area contributed by atoms with Gasteiger partial charge in [0.1, 0.15) is 0 Å². The number of amides is 2. The molecular formula is C23H26N2O4. The van der Waals surface area contributed by atoms with E-state index in [0.29, 0.717) is 12.2 Å². The van der Waals surface area contributed by atoms with Crippen molar-refractivity contribution in [3.8, 4) is 0 Å². The zero-order chi connectivity index (χ0) is 20.6. The SMILES string of the molecule is C[C@H]1CCCCN1C(=O)COC(=O)c1ccccc1NC(=O)Cc1ccccc1. The van der Waals surface area contributed by atoms with E-state index in [1.165, 1.54) is 0 Å². The number of carbonyl (C=O) groups excluding carboxylic acids is 3. The number of benzene rings is 2. The number of likely N-dealkylation sites (tertiary alicyclic amines) is 1. The fourth-order valence-corrected chi connectivity index (χ4v) is 3.50. The van der Waals surface area contributed by atoms with Gasteiger partial charge in [0.2, 0.25) is 5.91 Å². The van der Waals surface area contributed by atoms with Crippen molar-refractivity contribution in [1.82, 2.24) is 4.90 Å². The molecule has 1 fully saturated rings. The Morgan fingerprint density at radius 1 is 1.03 bits per heavy atom. The third-order valence-corrected chi connectivity index (χ3v) is 5.08. The van der Waals surface area contributed by atoms with Crippen LogP contribution in [-0.2, 0) is 20.7 Å². The molecule has 0 saturated carbocycles. The summed E-state index contributed by atoms with van der Waals surface area (Å²) in [5.74, 6) is -1.04. The van der Waals surface area contributed by atoms with Crippen molar-refractivity contribution < 1.29 is 19.1 Å². The van der Waals surface area contributed by atoms with Gasteiger partial charge in [-0.05, 0) is 43.9 Å². The minimum atomic E-state index is -0.626. The number of hydrogen-bond donors (Lipinski definition) is 1. The van der Waals surface area contributed by atoms with Crippen molar-refractivity contribution >= 4 is 23.5 Å². The van der Waals surface area contributed by atoms with E-state index in [0.717, 1.165) is 24.8 Å². The van der Waals surface area contributed by atoms with Crippen molar-refractivity contribution in [3.05, 3.63) is 65.7 Å². The number of anilines is 1. The van der Waals surface area contributed by atoms with Crippen LogP contribution in [0.3, 0.4) is 0 Å². The number of hydrogen-bond acceptors (Lipinski definition) is 4. The normalized spacial score (nSPS) is 16.2.